The molecular weight excluding hydrogens is 321 g/mol. The highest BCUT2D eigenvalue weighted by atomic mass is 35.5. The van der Waals surface area contributed by atoms with E-state index in [0.717, 1.165) is 0 Å². The van der Waals surface area contributed by atoms with E-state index in [2.05, 4.69) is 20.6 Å². The maximum absolute atomic E-state index is 12.8. The fourth-order valence-electron chi connectivity index (χ4n) is 1.69. The van der Waals surface area contributed by atoms with Crippen LogP contribution in [-0.4, -0.2) is 24.1 Å². The quantitative estimate of drug-likeness (QED) is 0.888. The van der Waals surface area contributed by atoms with E-state index in [9.17, 15) is 13.2 Å². The van der Waals surface area contributed by atoms with E-state index in [0.29, 0.717) is 22.7 Å². The second-order valence-electron chi connectivity index (χ2n) is 4.17. The molecule has 0 aliphatic rings. The lowest BCUT2D eigenvalue weighted by molar-refractivity contribution is -0.137. The summed E-state index contributed by atoms with van der Waals surface area (Å²) in [6, 6.07) is 4.83. The van der Waals surface area contributed by atoms with Crippen molar-refractivity contribution in [3.05, 3.63) is 35.0 Å². The van der Waals surface area contributed by atoms with Gasteiger partial charge >= 0.3 is 6.18 Å². The van der Waals surface area contributed by atoms with Crippen LogP contribution in [-0.2, 0) is 6.18 Å². The molecule has 1 heterocycles. The van der Waals surface area contributed by atoms with E-state index >= 15 is 0 Å². The van der Waals surface area contributed by atoms with Crippen molar-refractivity contribution in [3.8, 4) is 5.75 Å². The van der Waals surface area contributed by atoms with Crippen LogP contribution in [0.25, 0.3) is 0 Å². The third-order valence-corrected chi connectivity index (χ3v) is 3.08. The van der Waals surface area contributed by atoms with E-state index < -0.39 is 11.7 Å². The Labute approximate surface area is 129 Å². The lowest BCUT2D eigenvalue weighted by Gasteiger charge is -2.13. The Bertz CT molecular complexity index is 679. The molecule has 0 spiro atoms. The first-order chi connectivity index (χ1) is 10.3. The van der Waals surface area contributed by atoms with Crippen LogP contribution in [0.2, 0.25) is 5.02 Å². The number of rotatable bonds is 4. The summed E-state index contributed by atoms with van der Waals surface area (Å²) in [6.45, 7) is 0. The molecule has 0 amide bonds. The monoisotopic (exact) mass is 332 g/mol. The molecule has 5 nitrogen and oxygen atoms in total. The second kappa shape index (κ2) is 6.27. The molecule has 0 atom stereocenters. The second-order valence-corrected chi connectivity index (χ2v) is 4.58. The van der Waals surface area contributed by atoms with Gasteiger partial charge in [-0.25, -0.2) is 4.98 Å². The molecule has 0 saturated carbocycles. The van der Waals surface area contributed by atoms with Gasteiger partial charge in [0.2, 0.25) is 5.95 Å². The van der Waals surface area contributed by atoms with Gasteiger partial charge in [-0.05, 0) is 12.1 Å². The zero-order valence-corrected chi connectivity index (χ0v) is 12.4. The highest BCUT2D eigenvalue weighted by Gasteiger charge is 2.35. The highest BCUT2D eigenvalue weighted by Crippen LogP contribution is 2.34. The average molecular weight is 333 g/mol. The molecule has 1 aromatic heterocycles. The third-order valence-electron chi connectivity index (χ3n) is 2.75. The molecule has 0 aliphatic carbocycles. The molecule has 0 unspecified atom stereocenters. The molecule has 0 fully saturated rings. The number of benzene rings is 1. The first-order valence-electron chi connectivity index (χ1n) is 6.07. The van der Waals surface area contributed by atoms with Gasteiger partial charge in [-0.2, -0.15) is 18.2 Å². The molecule has 2 aromatic rings. The number of hydrogen-bond acceptors (Lipinski definition) is 5. The van der Waals surface area contributed by atoms with Crippen molar-refractivity contribution in [2.24, 2.45) is 0 Å². The molecule has 1 aromatic carbocycles. The summed E-state index contributed by atoms with van der Waals surface area (Å²) in [5.41, 5.74) is -0.528. The number of hydrogen-bond donors (Lipinski definition) is 2. The van der Waals surface area contributed by atoms with Crippen molar-refractivity contribution >= 4 is 29.1 Å². The van der Waals surface area contributed by atoms with Gasteiger partial charge in [0.25, 0.3) is 0 Å². The maximum atomic E-state index is 12.8. The first-order valence-corrected chi connectivity index (χ1v) is 6.45. The van der Waals surface area contributed by atoms with Gasteiger partial charge in [-0.3, -0.25) is 0 Å². The fourth-order valence-corrected chi connectivity index (χ4v) is 1.85. The molecule has 0 aliphatic heterocycles. The summed E-state index contributed by atoms with van der Waals surface area (Å²) < 4.78 is 43.4. The molecule has 2 rings (SSSR count). The number of nitrogens with zero attached hydrogens (tertiary/aromatic N) is 2. The van der Waals surface area contributed by atoms with Crippen LogP contribution in [0, 0.1) is 0 Å². The van der Waals surface area contributed by atoms with Gasteiger partial charge in [-0.1, -0.05) is 11.6 Å². The van der Waals surface area contributed by atoms with Crippen molar-refractivity contribution in [1.82, 2.24) is 9.97 Å². The third kappa shape index (κ3) is 3.51. The van der Waals surface area contributed by atoms with Crippen molar-refractivity contribution in [2.45, 2.75) is 6.18 Å². The summed E-state index contributed by atoms with van der Waals surface area (Å²) in [5.74, 6) is 0.184. The fraction of sp³-hybridized carbons (Fsp3) is 0.231. The minimum absolute atomic E-state index is 0.0208. The van der Waals surface area contributed by atoms with Crippen LogP contribution in [0.3, 0.4) is 0 Å². The predicted molar refractivity (Wildman–Crippen MR) is 77.9 cm³/mol. The van der Waals surface area contributed by atoms with Gasteiger partial charge in [0.1, 0.15) is 17.1 Å². The van der Waals surface area contributed by atoms with E-state index in [1.54, 1.807) is 18.2 Å². The number of alkyl halides is 3. The number of ether oxygens (including phenoxy) is 1. The van der Waals surface area contributed by atoms with E-state index in [4.69, 9.17) is 16.3 Å². The van der Waals surface area contributed by atoms with Crippen LogP contribution < -0.4 is 15.4 Å². The lowest BCUT2D eigenvalue weighted by Crippen LogP contribution is -2.12. The molecule has 2 N–H and O–H groups in total. The maximum Gasteiger partial charge on any atom is 0.421 e. The minimum atomic E-state index is -4.54. The molecular formula is C13H12ClF3N4O. The summed E-state index contributed by atoms with van der Waals surface area (Å²) >= 11 is 6.01. The zero-order chi connectivity index (χ0) is 16.3. The van der Waals surface area contributed by atoms with E-state index in [1.807, 2.05) is 0 Å². The van der Waals surface area contributed by atoms with Crippen molar-refractivity contribution in [3.63, 3.8) is 0 Å². The Balaban J connectivity index is 2.35. The highest BCUT2D eigenvalue weighted by molar-refractivity contribution is 6.33. The van der Waals surface area contributed by atoms with Crippen molar-refractivity contribution in [2.75, 3.05) is 24.8 Å². The van der Waals surface area contributed by atoms with Crippen molar-refractivity contribution < 1.29 is 17.9 Å². The molecule has 9 heteroatoms. The molecule has 0 saturated heterocycles. The molecule has 0 bridgehead atoms. The number of halogens is 4. The summed E-state index contributed by atoms with van der Waals surface area (Å²) in [7, 11) is 2.83. The predicted octanol–water partition coefficient (Wildman–Crippen LogP) is 3.94. The smallest absolute Gasteiger partial charge is 0.421 e. The van der Waals surface area contributed by atoms with Crippen LogP contribution in [0.15, 0.2) is 24.4 Å². The molecule has 118 valence electrons. The van der Waals surface area contributed by atoms with Gasteiger partial charge < -0.3 is 15.4 Å². The number of methoxy groups -OCH3 is 1. The zero-order valence-electron chi connectivity index (χ0n) is 11.6. The van der Waals surface area contributed by atoms with Crippen LogP contribution in [0.1, 0.15) is 5.56 Å². The van der Waals surface area contributed by atoms with Gasteiger partial charge in [0.05, 0.1) is 17.8 Å². The van der Waals surface area contributed by atoms with Crippen molar-refractivity contribution in [1.29, 1.82) is 0 Å². The number of nitrogens with one attached hydrogen (secondary N) is 2. The summed E-state index contributed by atoms with van der Waals surface area (Å²) in [5, 5.41) is 5.51. The van der Waals surface area contributed by atoms with E-state index in [-0.39, 0.29) is 11.8 Å². The van der Waals surface area contributed by atoms with Crippen LogP contribution >= 0.6 is 11.6 Å². The normalized spacial score (nSPS) is 11.2. The first kappa shape index (κ1) is 16.2. The van der Waals surface area contributed by atoms with E-state index in [1.165, 1.54) is 14.2 Å². The Kier molecular flexibility index (Phi) is 4.60. The number of anilines is 3. The molecule has 0 radical (unpaired) electrons. The Morgan fingerprint density at radius 1 is 1.27 bits per heavy atom. The Morgan fingerprint density at radius 2 is 2.00 bits per heavy atom. The van der Waals surface area contributed by atoms with Gasteiger partial charge in [0.15, 0.2) is 0 Å². The van der Waals surface area contributed by atoms with Gasteiger partial charge in [0, 0.05) is 19.3 Å². The average Bonchev–Trinajstić information content (AvgIpc) is 2.48. The van der Waals surface area contributed by atoms with Crippen LogP contribution in [0.5, 0.6) is 5.75 Å². The lowest BCUT2D eigenvalue weighted by atomic mass is 10.3. The Hall–Kier alpha value is -2.22. The minimum Gasteiger partial charge on any atom is -0.497 e. The topological polar surface area (TPSA) is 59.1 Å². The number of aromatic nitrogens is 2. The summed E-state index contributed by atoms with van der Waals surface area (Å²) in [6.07, 6.45) is -3.83. The molecule has 22 heavy (non-hydrogen) atoms. The van der Waals surface area contributed by atoms with Gasteiger partial charge in [-0.15, -0.1) is 0 Å². The SMILES string of the molecule is CNc1nc(Nc2cc(OC)ccc2Cl)ncc1C(F)(F)F. The largest absolute Gasteiger partial charge is 0.497 e. The standard InChI is InChI=1S/C13H12ClF3N4O/c1-18-11-8(13(15,16)17)6-19-12(21-11)20-10-5-7(22-2)3-4-9(10)14/h3-6H,1-2H3,(H2,18,19,20,21). The summed E-state index contributed by atoms with van der Waals surface area (Å²) in [4.78, 5) is 7.46. The van der Waals surface area contributed by atoms with Crippen LogP contribution in [0.4, 0.5) is 30.6 Å². The Morgan fingerprint density at radius 3 is 2.59 bits per heavy atom.